The summed E-state index contributed by atoms with van der Waals surface area (Å²) in [5, 5.41) is 9.45. The highest BCUT2D eigenvalue weighted by Gasteiger charge is 2.18. The molecule has 0 amide bonds. The highest BCUT2D eigenvalue weighted by molar-refractivity contribution is 6.35. The van der Waals surface area contributed by atoms with Gasteiger partial charge in [-0.15, -0.1) is 0 Å². The summed E-state index contributed by atoms with van der Waals surface area (Å²) in [6.07, 6.45) is 3.84. The normalized spacial score (nSPS) is 12.6. The number of hydrogen-bond donors (Lipinski definition) is 1. The van der Waals surface area contributed by atoms with Crippen molar-refractivity contribution in [2.75, 3.05) is 6.54 Å². The standard InChI is InChI=1S/C16H21Cl2N3/c1-4-15-13(10-21(3)20-15)16(19-5-2)8-11-6-7-12(17)9-14(11)18/h6-7,9-10,16,19H,4-5,8H2,1-3H3. The van der Waals surface area contributed by atoms with Gasteiger partial charge in [-0.25, -0.2) is 0 Å². The van der Waals surface area contributed by atoms with Gasteiger partial charge in [-0.3, -0.25) is 4.68 Å². The van der Waals surface area contributed by atoms with Crippen LogP contribution in [0.3, 0.4) is 0 Å². The molecule has 0 saturated heterocycles. The third-order valence-electron chi connectivity index (χ3n) is 3.54. The van der Waals surface area contributed by atoms with E-state index < -0.39 is 0 Å². The molecule has 0 aliphatic carbocycles. The van der Waals surface area contributed by atoms with Gasteiger partial charge in [0.2, 0.25) is 0 Å². The number of aryl methyl sites for hydroxylation is 2. The molecular formula is C16H21Cl2N3. The summed E-state index contributed by atoms with van der Waals surface area (Å²) in [7, 11) is 1.96. The second kappa shape index (κ2) is 7.30. The van der Waals surface area contributed by atoms with Crippen LogP contribution in [0.25, 0.3) is 0 Å². The molecule has 2 aromatic rings. The molecule has 3 nitrogen and oxygen atoms in total. The van der Waals surface area contributed by atoms with Gasteiger partial charge < -0.3 is 5.32 Å². The van der Waals surface area contributed by atoms with Crippen LogP contribution in [-0.2, 0) is 19.9 Å². The lowest BCUT2D eigenvalue weighted by atomic mass is 9.98. The van der Waals surface area contributed by atoms with Crippen molar-refractivity contribution >= 4 is 23.2 Å². The van der Waals surface area contributed by atoms with Crippen molar-refractivity contribution in [1.82, 2.24) is 15.1 Å². The lowest BCUT2D eigenvalue weighted by Crippen LogP contribution is -2.23. The molecule has 114 valence electrons. The molecule has 1 aromatic heterocycles. The summed E-state index contributed by atoms with van der Waals surface area (Å²) >= 11 is 12.3. The van der Waals surface area contributed by atoms with Crippen LogP contribution in [0.15, 0.2) is 24.4 Å². The number of hydrogen-bond acceptors (Lipinski definition) is 2. The maximum atomic E-state index is 6.31. The van der Waals surface area contributed by atoms with Crippen molar-refractivity contribution in [3.8, 4) is 0 Å². The Balaban J connectivity index is 2.30. The summed E-state index contributed by atoms with van der Waals surface area (Å²) in [5.41, 5.74) is 3.47. The zero-order valence-corrected chi connectivity index (χ0v) is 14.2. The molecule has 1 unspecified atom stereocenters. The summed E-state index contributed by atoms with van der Waals surface area (Å²) in [5.74, 6) is 0. The van der Waals surface area contributed by atoms with Gasteiger partial charge in [-0.2, -0.15) is 5.10 Å². The molecule has 1 aromatic carbocycles. The van der Waals surface area contributed by atoms with Crippen LogP contribution in [0.1, 0.15) is 36.7 Å². The van der Waals surface area contributed by atoms with Crippen molar-refractivity contribution in [3.63, 3.8) is 0 Å². The predicted octanol–water partition coefficient (Wildman–Crippen LogP) is 4.18. The van der Waals surface area contributed by atoms with Gasteiger partial charge in [0.25, 0.3) is 0 Å². The molecule has 0 bridgehead atoms. The third kappa shape index (κ3) is 4.00. The summed E-state index contributed by atoms with van der Waals surface area (Å²) < 4.78 is 1.88. The second-order valence-electron chi connectivity index (χ2n) is 5.11. The Hall–Kier alpha value is -1.03. The Bertz CT molecular complexity index is 608. The Kier molecular flexibility index (Phi) is 5.68. The molecule has 0 aliphatic heterocycles. The van der Waals surface area contributed by atoms with Gasteiger partial charge in [0.1, 0.15) is 0 Å². The van der Waals surface area contributed by atoms with Gasteiger partial charge in [-0.1, -0.05) is 43.1 Å². The molecule has 1 N–H and O–H groups in total. The quantitative estimate of drug-likeness (QED) is 0.863. The number of halogens is 2. The van der Waals surface area contributed by atoms with Crippen LogP contribution < -0.4 is 5.32 Å². The molecular weight excluding hydrogens is 305 g/mol. The number of nitrogens with one attached hydrogen (secondary N) is 1. The Morgan fingerprint density at radius 2 is 2.05 bits per heavy atom. The maximum absolute atomic E-state index is 6.31. The molecule has 1 atom stereocenters. The average Bonchev–Trinajstić information content (AvgIpc) is 2.82. The van der Waals surface area contributed by atoms with Crippen LogP contribution in [0, 0.1) is 0 Å². The van der Waals surface area contributed by atoms with Crippen molar-refractivity contribution in [1.29, 1.82) is 0 Å². The number of aromatic nitrogens is 2. The van der Waals surface area contributed by atoms with Crippen LogP contribution in [0.5, 0.6) is 0 Å². The predicted molar refractivity (Wildman–Crippen MR) is 89.2 cm³/mol. The van der Waals surface area contributed by atoms with E-state index in [0.29, 0.717) is 10.0 Å². The lowest BCUT2D eigenvalue weighted by molar-refractivity contribution is 0.545. The molecule has 1 heterocycles. The van der Waals surface area contributed by atoms with Crippen LogP contribution in [0.2, 0.25) is 10.0 Å². The first kappa shape index (κ1) is 16.3. The minimum atomic E-state index is 0.206. The lowest BCUT2D eigenvalue weighted by Gasteiger charge is -2.19. The largest absolute Gasteiger partial charge is 0.310 e. The molecule has 2 rings (SSSR count). The van der Waals surface area contributed by atoms with Crippen molar-refractivity contribution < 1.29 is 0 Å². The van der Waals surface area contributed by atoms with E-state index in [-0.39, 0.29) is 6.04 Å². The summed E-state index contributed by atoms with van der Waals surface area (Å²) in [6.45, 7) is 5.14. The monoisotopic (exact) mass is 325 g/mol. The zero-order valence-electron chi connectivity index (χ0n) is 12.7. The first-order valence-corrected chi connectivity index (χ1v) is 8.00. The van der Waals surface area contributed by atoms with Crippen LogP contribution in [0.4, 0.5) is 0 Å². The molecule has 0 saturated carbocycles. The number of rotatable bonds is 6. The first-order chi connectivity index (χ1) is 10.0. The molecule has 0 fully saturated rings. The SMILES string of the molecule is CCNC(Cc1ccc(Cl)cc1Cl)c1cn(C)nc1CC. The van der Waals surface area contributed by atoms with Gasteiger partial charge >= 0.3 is 0 Å². The zero-order chi connectivity index (χ0) is 15.4. The fourth-order valence-electron chi connectivity index (χ4n) is 2.56. The molecule has 0 aliphatic rings. The number of likely N-dealkylation sites (N-methyl/N-ethyl adjacent to an activating group) is 1. The molecule has 5 heteroatoms. The van der Waals surface area contributed by atoms with Gasteiger partial charge in [0, 0.05) is 34.9 Å². The third-order valence-corrected chi connectivity index (χ3v) is 4.12. The van der Waals surface area contributed by atoms with Crippen LogP contribution >= 0.6 is 23.2 Å². The maximum Gasteiger partial charge on any atom is 0.0669 e. The second-order valence-corrected chi connectivity index (χ2v) is 5.95. The van der Waals surface area contributed by atoms with Gasteiger partial charge in [0.15, 0.2) is 0 Å². The molecule has 0 spiro atoms. The summed E-state index contributed by atoms with van der Waals surface area (Å²) in [4.78, 5) is 0. The minimum absolute atomic E-state index is 0.206. The fourth-order valence-corrected chi connectivity index (χ4v) is 3.05. The highest BCUT2D eigenvalue weighted by atomic mass is 35.5. The Labute approximate surface area is 136 Å². The van der Waals surface area contributed by atoms with E-state index in [4.69, 9.17) is 23.2 Å². The smallest absolute Gasteiger partial charge is 0.0669 e. The van der Waals surface area contributed by atoms with Crippen molar-refractivity contribution in [3.05, 3.63) is 51.3 Å². The first-order valence-electron chi connectivity index (χ1n) is 7.24. The van der Waals surface area contributed by atoms with E-state index in [0.717, 1.165) is 30.6 Å². The van der Waals surface area contributed by atoms with Crippen molar-refractivity contribution in [2.45, 2.75) is 32.7 Å². The topological polar surface area (TPSA) is 29.9 Å². The van der Waals surface area contributed by atoms with Gasteiger partial charge in [0.05, 0.1) is 5.69 Å². The van der Waals surface area contributed by atoms with E-state index in [1.54, 1.807) is 6.07 Å². The number of benzene rings is 1. The van der Waals surface area contributed by atoms with E-state index in [9.17, 15) is 0 Å². The summed E-state index contributed by atoms with van der Waals surface area (Å²) in [6, 6.07) is 5.88. The average molecular weight is 326 g/mol. The van der Waals surface area contributed by atoms with Crippen molar-refractivity contribution in [2.24, 2.45) is 7.05 Å². The minimum Gasteiger partial charge on any atom is -0.310 e. The Morgan fingerprint density at radius 1 is 1.29 bits per heavy atom. The van der Waals surface area contributed by atoms with E-state index in [1.807, 2.05) is 23.9 Å². The Morgan fingerprint density at radius 3 is 2.67 bits per heavy atom. The van der Waals surface area contributed by atoms with E-state index in [2.05, 4.69) is 30.5 Å². The van der Waals surface area contributed by atoms with Gasteiger partial charge in [-0.05, 0) is 37.1 Å². The van der Waals surface area contributed by atoms with E-state index >= 15 is 0 Å². The van der Waals surface area contributed by atoms with Crippen LogP contribution in [-0.4, -0.2) is 16.3 Å². The molecule has 21 heavy (non-hydrogen) atoms. The van der Waals surface area contributed by atoms with E-state index in [1.165, 1.54) is 5.56 Å². The highest BCUT2D eigenvalue weighted by Crippen LogP contribution is 2.27. The molecule has 0 radical (unpaired) electrons. The number of nitrogens with zero attached hydrogens (tertiary/aromatic N) is 2. The fraction of sp³-hybridized carbons (Fsp3) is 0.438.